The van der Waals surface area contributed by atoms with Crippen molar-refractivity contribution in [1.82, 2.24) is 5.43 Å². The third-order valence-corrected chi connectivity index (χ3v) is 3.95. The van der Waals surface area contributed by atoms with E-state index < -0.39 is 0 Å². The Hall–Kier alpha value is -1.82. The molecule has 0 radical (unpaired) electrons. The molecule has 4 nitrogen and oxygen atoms in total. The van der Waals surface area contributed by atoms with Gasteiger partial charge in [0, 0.05) is 0 Å². The number of nitrogens with zero attached hydrogens (tertiary/aromatic N) is 1. The first-order valence-electron chi connectivity index (χ1n) is 6.71. The number of benzene rings is 2. The molecule has 0 aromatic heterocycles. The Morgan fingerprint density at radius 3 is 2.57 bits per heavy atom. The Morgan fingerprint density at radius 2 is 1.87 bits per heavy atom. The Bertz CT molecular complexity index is 750. The first-order chi connectivity index (χ1) is 11.0. The third-order valence-electron chi connectivity index (χ3n) is 3.02. The summed E-state index contributed by atoms with van der Waals surface area (Å²) in [5, 5.41) is 8.61. The van der Waals surface area contributed by atoms with Crippen LogP contribution in [0, 0.1) is 0 Å². The zero-order valence-electron chi connectivity index (χ0n) is 12.6. The average Bonchev–Trinajstić information content (AvgIpc) is 2.55. The highest BCUT2D eigenvalue weighted by Crippen LogP contribution is 2.23. The molecule has 0 amide bonds. The molecule has 2 aromatic rings. The van der Waals surface area contributed by atoms with E-state index in [1.54, 1.807) is 19.2 Å². The quantitative estimate of drug-likeness (QED) is 0.466. The van der Waals surface area contributed by atoms with Crippen molar-refractivity contribution < 1.29 is 4.74 Å². The van der Waals surface area contributed by atoms with E-state index in [1.807, 2.05) is 37.3 Å². The number of thiocarbonyl (C=S) groups is 1. The highest BCUT2D eigenvalue weighted by molar-refractivity contribution is 7.80. The lowest BCUT2D eigenvalue weighted by atomic mass is 10.1. The minimum absolute atomic E-state index is 0.355. The van der Waals surface area contributed by atoms with Crippen LogP contribution in [0.3, 0.4) is 0 Å². The summed E-state index contributed by atoms with van der Waals surface area (Å²) < 4.78 is 5.25. The molecular weight excluding hydrogens is 353 g/mol. The Labute approximate surface area is 150 Å². The van der Waals surface area contributed by atoms with Crippen LogP contribution in [0.25, 0.3) is 0 Å². The summed E-state index contributed by atoms with van der Waals surface area (Å²) in [5.74, 6) is 0.696. The third kappa shape index (κ3) is 4.82. The summed E-state index contributed by atoms with van der Waals surface area (Å²) in [4.78, 5) is 0. The van der Waals surface area contributed by atoms with E-state index in [0.29, 0.717) is 20.9 Å². The average molecular weight is 368 g/mol. The van der Waals surface area contributed by atoms with Crippen molar-refractivity contribution in [3.05, 3.63) is 58.1 Å². The molecule has 7 heteroatoms. The number of rotatable bonds is 4. The summed E-state index contributed by atoms with van der Waals surface area (Å²) in [6.45, 7) is 1.85. The van der Waals surface area contributed by atoms with Crippen LogP contribution in [0.5, 0.6) is 5.75 Å². The van der Waals surface area contributed by atoms with Gasteiger partial charge in [0.25, 0.3) is 0 Å². The lowest BCUT2D eigenvalue weighted by molar-refractivity contribution is 0.417. The molecule has 0 aliphatic rings. The van der Waals surface area contributed by atoms with Crippen molar-refractivity contribution in [3.8, 4) is 5.75 Å². The summed E-state index contributed by atoms with van der Waals surface area (Å²) in [7, 11) is 1.60. The van der Waals surface area contributed by atoms with E-state index in [9.17, 15) is 0 Å². The van der Waals surface area contributed by atoms with Crippen LogP contribution >= 0.6 is 35.4 Å². The Balaban J connectivity index is 2.03. The van der Waals surface area contributed by atoms with Crippen molar-refractivity contribution in [2.45, 2.75) is 6.92 Å². The van der Waals surface area contributed by atoms with Crippen molar-refractivity contribution in [2.75, 3.05) is 12.4 Å². The molecule has 2 aromatic carbocycles. The highest BCUT2D eigenvalue weighted by atomic mass is 35.5. The van der Waals surface area contributed by atoms with Gasteiger partial charge in [0.1, 0.15) is 5.75 Å². The smallest absolute Gasteiger partial charge is 0.191 e. The van der Waals surface area contributed by atoms with Gasteiger partial charge in [-0.3, -0.25) is 5.43 Å². The van der Waals surface area contributed by atoms with Gasteiger partial charge in [-0.25, -0.2) is 0 Å². The molecular formula is C16H15Cl2N3OS. The number of hydrogen-bond donors (Lipinski definition) is 2. The number of nitrogens with one attached hydrogen (secondary N) is 2. The Morgan fingerprint density at radius 1 is 1.13 bits per heavy atom. The second-order valence-electron chi connectivity index (χ2n) is 4.59. The maximum atomic E-state index is 6.00. The van der Waals surface area contributed by atoms with Gasteiger partial charge in [-0.1, -0.05) is 41.4 Å². The molecule has 0 bridgehead atoms. The molecule has 0 saturated carbocycles. The molecule has 0 unspecified atom stereocenters. The lowest BCUT2D eigenvalue weighted by Crippen LogP contribution is -2.25. The SMILES string of the molecule is COc1ccccc1NC(=S)NN=C(C)c1ccc(Cl)c(Cl)c1. The van der Waals surface area contributed by atoms with Crippen LogP contribution in [0.2, 0.25) is 10.0 Å². The van der Waals surface area contributed by atoms with Crippen molar-refractivity contribution in [3.63, 3.8) is 0 Å². The fraction of sp³-hybridized carbons (Fsp3) is 0.125. The molecule has 0 aliphatic heterocycles. The van der Waals surface area contributed by atoms with E-state index in [0.717, 1.165) is 17.0 Å². The van der Waals surface area contributed by atoms with Gasteiger partial charge in [-0.05, 0) is 49.0 Å². The van der Waals surface area contributed by atoms with Crippen LogP contribution < -0.4 is 15.5 Å². The first-order valence-corrected chi connectivity index (χ1v) is 7.87. The summed E-state index contributed by atoms with van der Waals surface area (Å²) in [6.07, 6.45) is 0. The molecule has 0 saturated heterocycles. The van der Waals surface area contributed by atoms with E-state index in [1.165, 1.54) is 0 Å². The van der Waals surface area contributed by atoms with Crippen LogP contribution in [0.1, 0.15) is 12.5 Å². The molecule has 0 fully saturated rings. The predicted octanol–water partition coefficient (Wildman–Crippen LogP) is 4.71. The molecule has 23 heavy (non-hydrogen) atoms. The Kier molecular flexibility index (Phi) is 6.21. The van der Waals surface area contributed by atoms with Gasteiger partial charge in [0.15, 0.2) is 5.11 Å². The van der Waals surface area contributed by atoms with Crippen LogP contribution in [-0.4, -0.2) is 17.9 Å². The maximum Gasteiger partial charge on any atom is 0.191 e. The van der Waals surface area contributed by atoms with E-state index in [-0.39, 0.29) is 0 Å². The number of halogens is 2. The van der Waals surface area contributed by atoms with E-state index >= 15 is 0 Å². The monoisotopic (exact) mass is 367 g/mol. The standard InChI is InChI=1S/C16H15Cl2N3OS/c1-10(11-7-8-12(17)13(18)9-11)20-21-16(23)19-14-5-3-4-6-15(14)22-2/h3-9H,1-2H3,(H2,19,21,23). The number of hydrazone groups is 1. The predicted molar refractivity (Wildman–Crippen MR) is 101 cm³/mol. The molecule has 0 heterocycles. The van der Waals surface area contributed by atoms with Crippen molar-refractivity contribution in [2.24, 2.45) is 5.10 Å². The summed E-state index contributed by atoms with van der Waals surface area (Å²) in [6, 6.07) is 12.8. The van der Waals surface area contributed by atoms with Gasteiger partial charge >= 0.3 is 0 Å². The van der Waals surface area contributed by atoms with Crippen molar-refractivity contribution in [1.29, 1.82) is 0 Å². The molecule has 2 N–H and O–H groups in total. The van der Waals surface area contributed by atoms with Gasteiger partial charge < -0.3 is 10.1 Å². The minimum Gasteiger partial charge on any atom is -0.495 e. The zero-order valence-corrected chi connectivity index (χ0v) is 14.9. The minimum atomic E-state index is 0.355. The number of para-hydroxylation sites is 2. The fourth-order valence-corrected chi connectivity index (χ4v) is 2.27. The van der Waals surface area contributed by atoms with Crippen LogP contribution in [0.4, 0.5) is 5.69 Å². The zero-order chi connectivity index (χ0) is 16.8. The molecule has 2 rings (SSSR count). The highest BCUT2D eigenvalue weighted by Gasteiger charge is 2.05. The van der Waals surface area contributed by atoms with Crippen molar-refractivity contribution >= 4 is 51.9 Å². The number of methoxy groups -OCH3 is 1. The van der Waals surface area contributed by atoms with Crippen LogP contribution in [0.15, 0.2) is 47.6 Å². The van der Waals surface area contributed by atoms with Gasteiger partial charge in [-0.15, -0.1) is 0 Å². The number of anilines is 1. The second-order valence-corrected chi connectivity index (χ2v) is 5.81. The number of hydrogen-bond acceptors (Lipinski definition) is 3. The molecule has 0 aliphatic carbocycles. The molecule has 0 spiro atoms. The summed E-state index contributed by atoms with van der Waals surface area (Å²) in [5.41, 5.74) is 5.13. The lowest BCUT2D eigenvalue weighted by Gasteiger charge is -2.11. The topological polar surface area (TPSA) is 45.6 Å². The number of ether oxygens (including phenoxy) is 1. The largest absolute Gasteiger partial charge is 0.495 e. The van der Waals surface area contributed by atoms with E-state index in [2.05, 4.69) is 15.8 Å². The van der Waals surface area contributed by atoms with Crippen LogP contribution in [-0.2, 0) is 0 Å². The van der Waals surface area contributed by atoms with Gasteiger partial charge in [0.05, 0.1) is 28.6 Å². The molecule has 0 atom stereocenters. The van der Waals surface area contributed by atoms with Gasteiger partial charge in [0.2, 0.25) is 0 Å². The van der Waals surface area contributed by atoms with E-state index in [4.69, 9.17) is 40.2 Å². The fourth-order valence-electron chi connectivity index (χ4n) is 1.82. The second kappa shape index (κ2) is 8.15. The van der Waals surface area contributed by atoms with Gasteiger partial charge in [-0.2, -0.15) is 5.10 Å². The first kappa shape index (κ1) is 17.5. The summed E-state index contributed by atoms with van der Waals surface area (Å²) >= 11 is 17.1. The normalized spacial score (nSPS) is 11.0. The molecule has 120 valence electrons. The maximum absolute atomic E-state index is 6.00.